The molecule has 0 amide bonds. The van der Waals surface area contributed by atoms with Crippen molar-refractivity contribution >= 4 is 5.82 Å². The summed E-state index contributed by atoms with van der Waals surface area (Å²) in [6.07, 6.45) is 1.17. The second-order valence-corrected chi connectivity index (χ2v) is 4.97. The molecule has 0 aliphatic heterocycles. The maximum absolute atomic E-state index is 4.73. The highest BCUT2D eigenvalue weighted by Crippen LogP contribution is 2.17. The Morgan fingerprint density at radius 1 is 1.28 bits per heavy atom. The van der Waals surface area contributed by atoms with Gasteiger partial charge in [-0.3, -0.25) is 0 Å². The Morgan fingerprint density at radius 3 is 2.50 bits per heavy atom. The molecule has 1 heterocycles. The van der Waals surface area contributed by atoms with Crippen LogP contribution in [0.25, 0.3) is 0 Å². The van der Waals surface area contributed by atoms with Gasteiger partial charge in [0.2, 0.25) is 0 Å². The monoisotopic (exact) mass is 249 g/mol. The van der Waals surface area contributed by atoms with Crippen molar-refractivity contribution in [3.05, 3.63) is 23.4 Å². The third-order valence-corrected chi connectivity index (χ3v) is 3.18. The molecule has 18 heavy (non-hydrogen) atoms. The van der Waals surface area contributed by atoms with E-state index in [4.69, 9.17) is 4.98 Å². The van der Waals surface area contributed by atoms with Crippen molar-refractivity contribution in [1.29, 1.82) is 0 Å². The minimum absolute atomic E-state index is 0.492. The molecular weight excluding hydrogens is 222 g/mol. The van der Waals surface area contributed by atoms with Crippen LogP contribution in [0.5, 0.6) is 0 Å². The summed E-state index contributed by atoms with van der Waals surface area (Å²) in [5, 5.41) is 3.42. The lowest BCUT2D eigenvalue weighted by Crippen LogP contribution is -2.31. The molecule has 1 rings (SSSR count). The van der Waals surface area contributed by atoms with Crippen molar-refractivity contribution < 1.29 is 0 Å². The highest BCUT2D eigenvalue weighted by atomic mass is 15.2. The van der Waals surface area contributed by atoms with Crippen LogP contribution in [-0.4, -0.2) is 24.1 Å². The summed E-state index contributed by atoms with van der Waals surface area (Å²) in [7, 11) is 0. The van der Waals surface area contributed by atoms with Gasteiger partial charge in [-0.2, -0.15) is 0 Å². The molecule has 3 heteroatoms. The summed E-state index contributed by atoms with van der Waals surface area (Å²) >= 11 is 0. The summed E-state index contributed by atoms with van der Waals surface area (Å²) in [5.41, 5.74) is 2.43. The minimum atomic E-state index is 0.492. The largest absolute Gasteiger partial charge is 0.354 e. The van der Waals surface area contributed by atoms with Gasteiger partial charge in [-0.25, -0.2) is 4.98 Å². The van der Waals surface area contributed by atoms with Crippen LogP contribution in [0.3, 0.4) is 0 Å². The molecule has 0 atom stereocenters. The zero-order chi connectivity index (χ0) is 13.5. The van der Waals surface area contributed by atoms with E-state index < -0.39 is 0 Å². The molecule has 1 aromatic heterocycles. The fourth-order valence-electron chi connectivity index (χ4n) is 2.11. The first kappa shape index (κ1) is 15.0. The Bertz CT molecular complexity index is 361. The van der Waals surface area contributed by atoms with Gasteiger partial charge < -0.3 is 10.2 Å². The molecule has 0 radical (unpaired) electrons. The quantitative estimate of drug-likeness (QED) is 0.753. The lowest BCUT2D eigenvalue weighted by molar-refractivity contribution is 0.666. The molecule has 0 fully saturated rings. The van der Waals surface area contributed by atoms with E-state index in [2.05, 4.69) is 57.0 Å². The van der Waals surface area contributed by atoms with E-state index in [9.17, 15) is 0 Å². The van der Waals surface area contributed by atoms with Crippen molar-refractivity contribution in [2.24, 2.45) is 0 Å². The van der Waals surface area contributed by atoms with Crippen LogP contribution in [0, 0.1) is 6.92 Å². The first-order valence-electron chi connectivity index (χ1n) is 7.04. The molecule has 1 N–H and O–H groups in total. The lowest BCUT2D eigenvalue weighted by Gasteiger charge is -2.27. The second kappa shape index (κ2) is 7.37. The van der Waals surface area contributed by atoms with Crippen molar-refractivity contribution in [2.45, 2.75) is 53.6 Å². The first-order chi connectivity index (χ1) is 8.60. The number of anilines is 1. The summed E-state index contributed by atoms with van der Waals surface area (Å²) < 4.78 is 0. The average molecular weight is 249 g/mol. The Morgan fingerprint density at radius 2 is 2.00 bits per heavy atom. The molecule has 0 aliphatic rings. The molecule has 1 aromatic rings. The maximum Gasteiger partial charge on any atom is 0.129 e. The van der Waals surface area contributed by atoms with Gasteiger partial charge in [0.05, 0.1) is 0 Å². The molecule has 0 aliphatic carbocycles. The number of pyridine rings is 1. The number of aromatic nitrogens is 1. The topological polar surface area (TPSA) is 28.2 Å². The Labute approximate surface area is 112 Å². The number of rotatable bonds is 7. The van der Waals surface area contributed by atoms with Crippen molar-refractivity contribution in [3.8, 4) is 0 Å². The van der Waals surface area contributed by atoms with Gasteiger partial charge in [0.25, 0.3) is 0 Å². The van der Waals surface area contributed by atoms with Crippen LogP contribution in [0.2, 0.25) is 0 Å². The van der Waals surface area contributed by atoms with Crippen LogP contribution in [0.4, 0.5) is 5.82 Å². The lowest BCUT2D eigenvalue weighted by atomic mass is 10.2. The zero-order valence-electron chi connectivity index (χ0n) is 12.5. The fraction of sp³-hybridized carbons (Fsp3) is 0.667. The Hall–Kier alpha value is -1.09. The van der Waals surface area contributed by atoms with E-state index in [1.54, 1.807) is 0 Å². The SMILES string of the molecule is CCCNCc1ccc(N(CC)C(C)C)nc1C. The second-order valence-electron chi connectivity index (χ2n) is 4.97. The number of nitrogens with one attached hydrogen (secondary N) is 1. The van der Waals surface area contributed by atoms with Gasteiger partial charge in [0.1, 0.15) is 5.82 Å². The highest BCUT2D eigenvalue weighted by molar-refractivity contribution is 5.42. The molecule has 3 nitrogen and oxygen atoms in total. The summed E-state index contributed by atoms with van der Waals surface area (Å²) in [5.74, 6) is 1.09. The van der Waals surface area contributed by atoms with E-state index in [0.29, 0.717) is 6.04 Å². The average Bonchev–Trinajstić information content (AvgIpc) is 2.32. The normalized spacial score (nSPS) is 11.0. The van der Waals surface area contributed by atoms with Crippen LogP contribution in [-0.2, 0) is 6.54 Å². The highest BCUT2D eigenvalue weighted by Gasteiger charge is 2.10. The first-order valence-corrected chi connectivity index (χ1v) is 7.04. The smallest absolute Gasteiger partial charge is 0.129 e. The molecule has 0 saturated carbocycles. The maximum atomic E-state index is 4.73. The van der Waals surface area contributed by atoms with Gasteiger partial charge in [0, 0.05) is 24.8 Å². The van der Waals surface area contributed by atoms with E-state index in [1.807, 2.05) is 0 Å². The molecule has 0 saturated heterocycles. The molecule has 0 aromatic carbocycles. The van der Waals surface area contributed by atoms with Gasteiger partial charge in [-0.05, 0) is 52.3 Å². The van der Waals surface area contributed by atoms with Gasteiger partial charge in [-0.15, -0.1) is 0 Å². The number of nitrogens with zero attached hydrogens (tertiary/aromatic N) is 2. The third-order valence-electron chi connectivity index (χ3n) is 3.18. The molecule has 0 spiro atoms. The van der Waals surface area contributed by atoms with Crippen molar-refractivity contribution in [3.63, 3.8) is 0 Å². The Balaban J connectivity index is 2.78. The van der Waals surface area contributed by atoms with Crippen LogP contribution < -0.4 is 10.2 Å². The number of aryl methyl sites for hydroxylation is 1. The number of hydrogen-bond acceptors (Lipinski definition) is 3. The summed E-state index contributed by atoms with van der Waals surface area (Å²) in [6, 6.07) is 4.83. The van der Waals surface area contributed by atoms with E-state index in [0.717, 1.165) is 31.1 Å². The molecule has 0 bridgehead atoms. The van der Waals surface area contributed by atoms with Crippen LogP contribution >= 0.6 is 0 Å². The standard InChI is InChI=1S/C15H27N3/c1-6-10-16-11-14-8-9-15(17-13(14)5)18(7-2)12(3)4/h8-9,12,16H,6-7,10-11H2,1-5H3. The molecule has 102 valence electrons. The molecule has 0 unspecified atom stereocenters. The van der Waals surface area contributed by atoms with E-state index >= 15 is 0 Å². The summed E-state index contributed by atoms with van der Waals surface area (Å²) in [6.45, 7) is 13.8. The van der Waals surface area contributed by atoms with Crippen LogP contribution in [0.1, 0.15) is 45.4 Å². The predicted molar refractivity (Wildman–Crippen MR) is 79.1 cm³/mol. The van der Waals surface area contributed by atoms with Gasteiger partial charge >= 0.3 is 0 Å². The van der Waals surface area contributed by atoms with Gasteiger partial charge in [-0.1, -0.05) is 13.0 Å². The number of hydrogen-bond donors (Lipinski definition) is 1. The van der Waals surface area contributed by atoms with Gasteiger partial charge in [0.15, 0.2) is 0 Å². The van der Waals surface area contributed by atoms with Crippen LogP contribution in [0.15, 0.2) is 12.1 Å². The fourth-order valence-corrected chi connectivity index (χ4v) is 2.11. The zero-order valence-corrected chi connectivity index (χ0v) is 12.5. The third kappa shape index (κ3) is 3.98. The van der Waals surface area contributed by atoms with Crippen molar-refractivity contribution in [1.82, 2.24) is 10.3 Å². The Kier molecular flexibility index (Phi) is 6.13. The summed E-state index contributed by atoms with van der Waals surface area (Å²) in [4.78, 5) is 7.05. The minimum Gasteiger partial charge on any atom is -0.354 e. The van der Waals surface area contributed by atoms with E-state index in [1.165, 1.54) is 12.0 Å². The predicted octanol–water partition coefficient (Wildman–Crippen LogP) is 3.12. The molecular formula is C15H27N3. The van der Waals surface area contributed by atoms with Crippen molar-refractivity contribution in [2.75, 3.05) is 18.0 Å². The van der Waals surface area contributed by atoms with E-state index in [-0.39, 0.29) is 0 Å².